The summed E-state index contributed by atoms with van der Waals surface area (Å²) >= 11 is 0. The van der Waals surface area contributed by atoms with Crippen LogP contribution in [0.2, 0.25) is 0 Å². The van der Waals surface area contributed by atoms with E-state index in [1.54, 1.807) is 21.3 Å². The van der Waals surface area contributed by atoms with E-state index in [0.29, 0.717) is 17.5 Å². The number of benzene rings is 2. The second kappa shape index (κ2) is 6.83. The fraction of sp³-hybridized carbons (Fsp3) is 0.333. The average Bonchev–Trinajstić information content (AvgIpc) is 2.65. The van der Waals surface area contributed by atoms with E-state index in [1.165, 1.54) is 5.56 Å². The lowest BCUT2D eigenvalue weighted by atomic mass is 9.86. The molecule has 5 nitrogen and oxygen atoms in total. The van der Waals surface area contributed by atoms with Crippen molar-refractivity contribution in [1.82, 2.24) is 9.97 Å². The summed E-state index contributed by atoms with van der Waals surface area (Å²) in [6.45, 7) is 6.59. The topological polar surface area (TPSA) is 53.5 Å². The lowest BCUT2D eigenvalue weighted by molar-refractivity contribution is 0.355. The van der Waals surface area contributed by atoms with Crippen molar-refractivity contribution in [1.29, 1.82) is 0 Å². The van der Waals surface area contributed by atoms with Crippen molar-refractivity contribution in [2.75, 3.05) is 21.3 Å². The summed E-state index contributed by atoms with van der Waals surface area (Å²) in [5, 5.41) is 0.881. The summed E-state index contributed by atoms with van der Waals surface area (Å²) in [7, 11) is 4.79. The van der Waals surface area contributed by atoms with Gasteiger partial charge in [-0.25, -0.2) is 0 Å². The molecule has 0 atom stereocenters. The molecule has 0 amide bonds. The molecule has 0 aliphatic rings. The highest BCUT2D eigenvalue weighted by molar-refractivity contribution is 5.94. The summed E-state index contributed by atoms with van der Waals surface area (Å²) in [4.78, 5) is 9.03. The predicted octanol–water partition coefficient (Wildman–Crippen LogP) is 4.62. The second-order valence-corrected chi connectivity index (χ2v) is 7.11. The van der Waals surface area contributed by atoms with E-state index in [4.69, 9.17) is 14.2 Å². The van der Waals surface area contributed by atoms with Crippen LogP contribution in [0.3, 0.4) is 0 Å². The molecule has 0 saturated carbocycles. The van der Waals surface area contributed by atoms with Crippen molar-refractivity contribution in [3.8, 4) is 28.8 Å². The molecule has 0 N–H and O–H groups in total. The van der Waals surface area contributed by atoms with Crippen LogP contribution in [-0.2, 0) is 5.41 Å². The van der Waals surface area contributed by atoms with Crippen molar-refractivity contribution in [3.05, 3.63) is 42.0 Å². The van der Waals surface area contributed by atoms with Crippen molar-refractivity contribution in [3.63, 3.8) is 0 Å². The maximum atomic E-state index is 5.44. The molecule has 0 aliphatic carbocycles. The zero-order chi connectivity index (χ0) is 18.9. The first-order valence-corrected chi connectivity index (χ1v) is 8.46. The minimum absolute atomic E-state index is 0.0978. The summed E-state index contributed by atoms with van der Waals surface area (Å²) < 4.78 is 16.1. The molecule has 136 valence electrons. The Labute approximate surface area is 154 Å². The lowest BCUT2D eigenvalue weighted by Crippen LogP contribution is -2.10. The van der Waals surface area contributed by atoms with Gasteiger partial charge in [0.2, 0.25) is 0 Å². The Balaban J connectivity index is 2.23. The number of fused-ring (bicyclic) bond motifs is 1. The molecule has 0 radical (unpaired) electrons. The van der Waals surface area contributed by atoms with Crippen LogP contribution in [0.15, 0.2) is 36.4 Å². The molecule has 5 heteroatoms. The largest absolute Gasteiger partial charge is 0.493 e. The second-order valence-electron chi connectivity index (χ2n) is 7.11. The Bertz CT molecular complexity index is 929. The van der Waals surface area contributed by atoms with Crippen LogP contribution in [-0.4, -0.2) is 31.3 Å². The quantitative estimate of drug-likeness (QED) is 0.686. The summed E-state index contributed by atoms with van der Waals surface area (Å²) in [5.41, 5.74) is 3.90. The van der Waals surface area contributed by atoms with Gasteiger partial charge in [0.05, 0.1) is 32.5 Å². The molecule has 0 spiro atoms. The van der Waals surface area contributed by atoms with Crippen molar-refractivity contribution in [2.45, 2.75) is 26.2 Å². The fourth-order valence-corrected chi connectivity index (χ4v) is 2.87. The number of aromatic nitrogens is 2. The van der Waals surface area contributed by atoms with Gasteiger partial charge in [-0.2, -0.15) is 9.97 Å². The van der Waals surface area contributed by atoms with Gasteiger partial charge in [-0.05, 0) is 17.0 Å². The Morgan fingerprint density at radius 2 is 1.38 bits per heavy atom. The minimum atomic E-state index is 0.0978. The first-order chi connectivity index (χ1) is 12.4. The van der Waals surface area contributed by atoms with Crippen LogP contribution in [0.4, 0.5) is 0 Å². The first kappa shape index (κ1) is 18.0. The molecule has 0 bridgehead atoms. The van der Waals surface area contributed by atoms with Crippen molar-refractivity contribution < 1.29 is 14.2 Å². The van der Waals surface area contributed by atoms with Gasteiger partial charge in [-0.15, -0.1) is 0 Å². The summed E-state index contributed by atoms with van der Waals surface area (Å²) in [6.07, 6.45) is 0. The number of hydrogen-bond donors (Lipinski definition) is 0. The minimum Gasteiger partial charge on any atom is -0.493 e. The van der Waals surface area contributed by atoms with Gasteiger partial charge in [0.15, 0.2) is 11.5 Å². The maximum absolute atomic E-state index is 5.44. The number of hydrogen-bond acceptors (Lipinski definition) is 5. The molecule has 1 heterocycles. The summed E-state index contributed by atoms with van der Waals surface area (Å²) in [6, 6.07) is 12.5. The molecule has 26 heavy (non-hydrogen) atoms. The van der Waals surface area contributed by atoms with Crippen LogP contribution in [0.5, 0.6) is 17.5 Å². The van der Waals surface area contributed by atoms with E-state index in [-0.39, 0.29) is 5.41 Å². The highest BCUT2D eigenvalue weighted by Crippen LogP contribution is 2.37. The van der Waals surface area contributed by atoms with Gasteiger partial charge >= 0.3 is 6.01 Å². The van der Waals surface area contributed by atoms with E-state index in [0.717, 1.165) is 22.2 Å². The van der Waals surface area contributed by atoms with Crippen LogP contribution >= 0.6 is 0 Å². The molecule has 2 aromatic carbocycles. The van der Waals surface area contributed by atoms with E-state index in [2.05, 4.69) is 55.0 Å². The van der Waals surface area contributed by atoms with E-state index in [1.807, 2.05) is 12.1 Å². The van der Waals surface area contributed by atoms with Gasteiger partial charge in [-0.3, -0.25) is 0 Å². The molecule has 3 aromatic rings. The van der Waals surface area contributed by atoms with E-state index < -0.39 is 0 Å². The predicted molar refractivity (Wildman–Crippen MR) is 103 cm³/mol. The Morgan fingerprint density at radius 1 is 0.769 bits per heavy atom. The van der Waals surface area contributed by atoms with E-state index in [9.17, 15) is 0 Å². The number of methoxy groups -OCH3 is 3. The molecule has 3 rings (SSSR count). The average molecular weight is 352 g/mol. The zero-order valence-corrected chi connectivity index (χ0v) is 16.1. The van der Waals surface area contributed by atoms with Crippen LogP contribution < -0.4 is 14.2 Å². The SMILES string of the molecule is COc1nc(-c2ccc(C(C)(C)C)cc2)c2cc(OC)c(OC)cc2n1. The highest BCUT2D eigenvalue weighted by Gasteiger charge is 2.17. The molecule has 0 saturated heterocycles. The normalized spacial score (nSPS) is 11.5. The number of rotatable bonds is 4. The van der Waals surface area contributed by atoms with Gasteiger partial charge < -0.3 is 14.2 Å². The zero-order valence-electron chi connectivity index (χ0n) is 16.1. The first-order valence-electron chi connectivity index (χ1n) is 8.46. The van der Waals surface area contributed by atoms with Crippen LogP contribution in [0.25, 0.3) is 22.2 Å². The Kier molecular flexibility index (Phi) is 4.72. The maximum Gasteiger partial charge on any atom is 0.317 e. The summed E-state index contributed by atoms with van der Waals surface area (Å²) in [5.74, 6) is 1.26. The molecular weight excluding hydrogens is 328 g/mol. The van der Waals surface area contributed by atoms with Gasteiger partial charge in [-0.1, -0.05) is 45.0 Å². The molecule has 0 aliphatic heterocycles. The van der Waals surface area contributed by atoms with E-state index >= 15 is 0 Å². The Hall–Kier alpha value is -2.82. The molecule has 1 aromatic heterocycles. The highest BCUT2D eigenvalue weighted by atomic mass is 16.5. The molecule has 0 unspecified atom stereocenters. The van der Waals surface area contributed by atoms with Gasteiger partial charge in [0.1, 0.15) is 0 Å². The van der Waals surface area contributed by atoms with Crippen LogP contribution in [0, 0.1) is 0 Å². The van der Waals surface area contributed by atoms with Crippen LogP contribution in [0.1, 0.15) is 26.3 Å². The number of ether oxygens (including phenoxy) is 3. The third-order valence-electron chi connectivity index (χ3n) is 4.39. The van der Waals surface area contributed by atoms with Crippen molar-refractivity contribution >= 4 is 10.9 Å². The van der Waals surface area contributed by atoms with Gasteiger partial charge in [0.25, 0.3) is 0 Å². The third kappa shape index (κ3) is 3.29. The number of nitrogens with zero attached hydrogens (tertiary/aromatic N) is 2. The molecular formula is C21H24N2O3. The van der Waals surface area contributed by atoms with Gasteiger partial charge in [0, 0.05) is 17.0 Å². The Morgan fingerprint density at radius 3 is 1.92 bits per heavy atom. The standard InChI is InChI=1S/C21H24N2O3/c1-21(2,3)14-9-7-13(8-10-14)19-15-11-17(24-4)18(25-5)12-16(15)22-20(23-19)26-6/h7-12H,1-6H3. The monoisotopic (exact) mass is 352 g/mol. The molecule has 0 fully saturated rings. The lowest BCUT2D eigenvalue weighted by Gasteiger charge is -2.19. The third-order valence-corrected chi connectivity index (χ3v) is 4.39. The fourth-order valence-electron chi connectivity index (χ4n) is 2.87. The smallest absolute Gasteiger partial charge is 0.317 e. The van der Waals surface area contributed by atoms with Crippen molar-refractivity contribution in [2.24, 2.45) is 0 Å².